The molecule has 2 heteroatoms. The smallest absolute Gasteiger partial charge is 0.0770 e. The highest BCUT2D eigenvalue weighted by molar-refractivity contribution is 4.40. The van der Waals surface area contributed by atoms with Gasteiger partial charge in [-0.25, -0.2) is 0 Å². The molecule has 0 bridgehead atoms. The number of hydrogen-bond acceptors (Lipinski definition) is 0. The zero-order valence-electron chi connectivity index (χ0n) is 11.7. The highest BCUT2D eigenvalue weighted by atomic mass is 79.9. The quantitative estimate of drug-likeness (QED) is 0.514. The fraction of sp³-hybridized carbons (Fsp3) is 1.00. The summed E-state index contributed by atoms with van der Waals surface area (Å²) in [6.45, 7) is 11.1. The van der Waals surface area contributed by atoms with Crippen LogP contribution >= 0.6 is 0 Å². The summed E-state index contributed by atoms with van der Waals surface area (Å²) in [5.41, 5.74) is 0. The van der Waals surface area contributed by atoms with Crippen LogP contribution in [0.25, 0.3) is 0 Å². The molecule has 0 saturated heterocycles. The summed E-state index contributed by atoms with van der Waals surface area (Å²) in [5.74, 6) is 0. The van der Waals surface area contributed by atoms with Crippen LogP contribution in [0.2, 0.25) is 0 Å². The second kappa shape index (κ2) is 15.4. The average Bonchev–Trinajstić information content (AvgIpc) is 2.27. The minimum Gasteiger partial charge on any atom is -1.00 e. The predicted octanol–water partition coefficient (Wildman–Crippen LogP) is 0.0558. The minimum atomic E-state index is 0. The molecule has 0 heterocycles. The monoisotopic (exact) mass is 293 g/mol. The fourth-order valence-corrected chi connectivity index (χ4v) is 2.03. The van der Waals surface area contributed by atoms with E-state index in [1.165, 1.54) is 71.0 Å². The maximum atomic E-state index is 2.30. The van der Waals surface area contributed by atoms with Gasteiger partial charge in [-0.15, -0.1) is 0 Å². The molecule has 0 aromatic carbocycles. The molecular formula is C14H32BrN. The summed E-state index contributed by atoms with van der Waals surface area (Å²) in [5, 5.41) is 0. The molecule has 0 aromatic rings. The molecule has 0 radical (unpaired) electrons. The van der Waals surface area contributed by atoms with Crippen molar-refractivity contribution in [3.63, 3.8) is 0 Å². The van der Waals surface area contributed by atoms with E-state index in [4.69, 9.17) is 0 Å². The van der Waals surface area contributed by atoms with E-state index < -0.39 is 0 Å². The number of halogens is 1. The standard InChI is InChI=1S/C14H31N.BrH/c1-4-7-10-11-14-15(12-8-5-2)13-9-6-3;/h4-14H2,1-3H3;1H. The Labute approximate surface area is 114 Å². The van der Waals surface area contributed by atoms with Gasteiger partial charge in [-0.05, 0) is 25.7 Å². The predicted molar refractivity (Wildman–Crippen MR) is 69.5 cm³/mol. The third-order valence-corrected chi connectivity index (χ3v) is 3.15. The van der Waals surface area contributed by atoms with Crippen molar-refractivity contribution in [2.24, 2.45) is 0 Å². The molecule has 1 N–H and O–H groups in total. The minimum absolute atomic E-state index is 0. The second-order valence-electron chi connectivity index (χ2n) is 4.77. The third-order valence-electron chi connectivity index (χ3n) is 3.15. The van der Waals surface area contributed by atoms with Gasteiger partial charge in [-0.2, -0.15) is 0 Å². The molecule has 1 nitrogen and oxygen atoms in total. The van der Waals surface area contributed by atoms with Gasteiger partial charge in [0.05, 0.1) is 19.6 Å². The number of unbranched alkanes of at least 4 members (excludes halogenated alkanes) is 5. The van der Waals surface area contributed by atoms with Gasteiger partial charge in [0.1, 0.15) is 0 Å². The Hall–Kier alpha value is 0.440. The molecule has 0 spiro atoms. The molecule has 0 aromatic heterocycles. The highest BCUT2D eigenvalue weighted by Gasteiger charge is 2.06. The Morgan fingerprint density at radius 1 is 0.562 bits per heavy atom. The summed E-state index contributed by atoms with van der Waals surface area (Å²) in [6, 6.07) is 0. The van der Waals surface area contributed by atoms with Gasteiger partial charge in [0, 0.05) is 0 Å². The zero-order valence-corrected chi connectivity index (χ0v) is 13.2. The van der Waals surface area contributed by atoms with Crippen LogP contribution in [-0.4, -0.2) is 19.6 Å². The van der Waals surface area contributed by atoms with Crippen molar-refractivity contribution in [1.82, 2.24) is 0 Å². The largest absolute Gasteiger partial charge is 1.00 e. The van der Waals surface area contributed by atoms with Gasteiger partial charge in [-0.1, -0.05) is 46.5 Å². The maximum Gasteiger partial charge on any atom is 0.0770 e. The first kappa shape index (κ1) is 18.8. The van der Waals surface area contributed by atoms with Gasteiger partial charge < -0.3 is 21.9 Å². The van der Waals surface area contributed by atoms with Crippen molar-refractivity contribution in [2.75, 3.05) is 19.6 Å². The highest BCUT2D eigenvalue weighted by Crippen LogP contribution is 1.96. The molecule has 0 unspecified atom stereocenters. The number of rotatable bonds is 11. The summed E-state index contributed by atoms with van der Waals surface area (Å²) in [7, 11) is 0. The zero-order chi connectivity index (χ0) is 11.4. The molecule has 0 saturated carbocycles. The molecule has 0 atom stereocenters. The Bertz CT molecular complexity index is 109. The lowest BCUT2D eigenvalue weighted by Crippen LogP contribution is -3.12. The van der Waals surface area contributed by atoms with Gasteiger partial charge in [0.15, 0.2) is 0 Å². The second-order valence-corrected chi connectivity index (χ2v) is 4.77. The first-order valence-corrected chi connectivity index (χ1v) is 7.18. The van der Waals surface area contributed by atoms with Crippen LogP contribution in [0, 0.1) is 0 Å². The summed E-state index contributed by atoms with van der Waals surface area (Å²) in [6.07, 6.45) is 11.2. The Morgan fingerprint density at radius 3 is 1.44 bits per heavy atom. The number of nitrogens with one attached hydrogen (secondary N) is 1. The Kier molecular flexibility index (Phi) is 18.1. The van der Waals surface area contributed by atoms with Crippen molar-refractivity contribution in [3.05, 3.63) is 0 Å². The van der Waals surface area contributed by atoms with Gasteiger partial charge >= 0.3 is 0 Å². The van der Waals surface area contributed by atoms with Crippen LogP contribution < -0.4 is 21.9 Å². The van der Waals surface area contributed by atoms with E-state index in [0.717, 1.165) is 0 Å². The molecule has 0 aliphatic heterocycles. The lowest BCUT2D eigenvalue weighted by atomic mass is 10.2. The van der Waals surface area contributed by atoms with E-state index in [9.17, 15) is 0 Å². The molecule has 0 rings (SSSR count). The topological polar surface area (TPSA) is 4.44 Å². The molecular weight excluding hydrogens is 262 g/mol. The molecule has 16 heavy (non-hydrogen) atoms. The van der Waals surface area contributed by atoms with Gasteiger partial charge in [-0.3, -0.25) is 0 Å². The molecule has 0 aliphatic rings. The third kappa shape index (κ3) is 12.5. The van der Waals surface area contributed by atoms with Crippen molar-refractivity contribution in [1.29, 1.82) is 0 Å². The van der Waals surface area contributed by atoms with Crippen LogP contribution in [0.3, 0.4) is 0 Å². The Morgan fingerprint density at radius 2 is 1.00 bits per heavy atom. The fourth-order valence-electron chi connectivity index (χ4n) is 2.03. The van der Waals surface area contributed by atoms with E-state index >= 15 is 0 Å². The Balaban J connectivity index is 0. The van der Waals surface area contributed by atoms with Crippen molar-refractivity contribution in [3.8, 4) is 0 Å². The number of hydrogen-bond donors (Lipinski definition) is 1. The lowest BCUT2D eigenvalue weighted by molar-refractivity contribution is -0.900. The summed E-state index contributed by atoms with van der Waals surface area (Å²) >= 11 is 0. The van der Waals surface area contributed by atoms with E-state index in [1.54, 1.807) is 0 Å². The van der Waals surface area contributed by atoms with E-state index in [1.807, 2.05) is 4.90 Å². The van der Waals surface area contributed by atoms with Crippen molar-refractivity contribution >= 4 is 0 Å². The van der Waals surface area contributed by atoms with Crippen molar-refractivity contribution < 1.29 is 21.9 Å². The van der Waals surface area contributed by atoms with Crippen LogP contribution in [0.1, 0.15) is 72.1 Å². The summed E-state index contributed by atoms with van der Waals surface area (Å²) < 4.78 is 0. The first-order chi connectivity index (χ1) is 7.35. The maximum absolute atomic E-state index is 2.30. The molecule has 0 aliphatic carbocycles. The van der Waals surface area contributed by atoms with Gasteiger partial charge in [0.25, 0.3) is 0 Å². The lowest BCUT2D eigenvalue weighted by Gasteiger charge is -2.19. The normalized spacial score (nSPS) is 10.5. The van der Waals surface area contributed by atoms with Gasteiger partial charge in [0.2, 0.25) is 0 Å². The SMILES string of the molecule is CCCCCC[NH+](CCCC)CCCC.[Br-]. The van der Waals surface area contributed by atoms with E-state index in [0.29, 0.717) is 0 Å². The average molecular weight is 294 g/mol. The van der Waals surface area contributed by atoms with Crippen LogP contribution in [0.4, 0.5) is 0 Å². The van der Waals surface area contributed by atoms with Crippen LogP contribution in [0.5, 0.6) is 0 Å². The molecule has 0 amide bonds. The van der Waals surface area contributed by atoms with Crippen LogP contribution in [-0.2, 0) is 0 Å². The first-order valence-electron chi connectivity index (χ1n) is 7.18. The van der Waals surface area contributed by atoms with E-state index in [2.05, 4.69) is 20.8 Å². The molecule has 100 valence electrons. The summed E-state index contributed by atoms with van der Waals surface area (Å²) in [4.78, 5) is 1.86. The molecule has 0 fully saturated rings. The van der Waals surface area contributed by atoms with Crippen molar-refractivity contribution in [2.45, 2.75) is 72.1 Å². The van der Waals surface area contributed by atoms with E-state index in [-0.39, 0.29) is 17.0 Å². The van der Waals surface area contributed by atoms with Crippen LogP contribution in [0.15, 0.2) is 0 Å². The number of quaternary nitrogens is 1.